The first kappa shape index (κ1) is 18.8. The quantitative estimate of drug-likeness (QED) is 0.503. The van der Waals surface area contributed by atoms with Crippen LogP contribution in [0, 0.1) is 0 Å². The molecule has 7 heteroatoms. The van der Waals surface area contributed by atoms with Gasteiger partial charge in [-0.15, -0.1) is 0 Å². The zero-order valence-electron chi connectivity index (χ0n) is 16.6. The van der Waals surface area contributed by atoms with Gasteiger partial charge >= 0.3 is 0 Å². The highest BCUT2D eigenvalue weighted by Gasteiger charge is 2.25. The lowest BCUT2D eigenvalue weighted by atomic mass is 9.81. The van der Waals surface area contributed by atoms with Gasteiger partial charge in [-0.05, 0) is 43.0 Å². The molecule has 30 heavy (non-hydrogen) atoms. The third kappa shape index (κ3) is 3.45. The molecule has 0 saturated heterocycles. The van der Waals surface area contributed by atoms with E-state index < -0.39 is 9.84 Å². The van der Waals surface area contributed by atoms with E-state index in [0.717, 1.165) is 28.4 Å². The van der Waals surface area contributed by atoms with Gasteiger partial charge in [-0.2, -0.15) is 9.61 Å². The Labute approximate surface area is 175 Å². The Kier molecular flexibility index (Phi) is 4.55. The Morgan fingerprint density at radius 2 is 1.77 bits per heavy atom. The van der Waals surface area contributed by atoms with Crippen LogP contribution in [0.25, 0.3) is 16.9 Å². The van der Waals surface area contributed by atoms with Crippen molar-refractivity contribution < 1.29 is 8.42 Å². The van der Waals surface area contributed by atoms with Crippen molar-refractivity contribution in [3.63, 3.8) is 0 Å². The lowest BCUT2D eigenvalue weighted by molar-refractivity contribution is 0.421. The fraction of sp³-hybridized carbons (Fsp3) is 0.217. The number of benzene rings is 2. The van der Waals surface area contributed by atoms with E-state index in [4.69, 9.17) is 4.98 Å². The monoisotopic (exact) mass is 418 g/mol. The zero-order chi connectivity index (χ0) is 20.7. The van der Waals surface area contributed by atoms with Crippen LogP contribution in [0.4, 0.5) is 11.5 Å². The summed E-state index contributed by atoms with van der Waals surface area (Å²) in [7, 11) is -3.23. The average Bonchev–Trinajstić information content (AvgIpc) is 3.11. The number of fused-ring (bicyclic) bond motifs is 1. The van der Waals surface area contributed by atoms with E-state index >= 15 is 0 Å². The number of hydrogen-bond acceptors (Lipinski definition) is 5. The van der Waals surface area contributed by atoms with Crippen molar-refractivity contribution in [3.05, 3.63) is 72.4 Å². The fourth-order valence-electron chi connectivity index (χ4n) is 3.77. The second kappa shape index (κ2) is 7.25. The Bertz CT molecular complexity index is 1310. The molecule has 0 spiro atoms. The maximum absolute atomic E-state index is 11.7. The first-order valence-electron chi connectivity index (χ1n) is 10.0. The van der Waals surface area contributed by atoms with Gasteiger partial charge in [-0.3, -0.25) is 0 Å². The molecule has 6 nitrogen and oxygen atoms in total. The number of aromatic nitrogens is 3. The Hall–Kier alpha value is -3.19. The third-order valence-corrected chi connectivity index (χ3v) is 6.80. The van der Waals surface area contributed by atoms with E-state index in [1.807, 2.05) is 47.1 Å². The summed E-state index contributed by atoms with van der Waals surface area (Å²) in [6, 6.07) is 18.8. The summed E-state index contributed by atoms with van der Waals surface area (Å²) in [5, 5.41) is 7.99. The van der Waals surface area contributed by atoms with Gasteiger partial charge in [0.1, 0.15) is 5.82 Å². The van der Waals surface area contributed by atoms with Crippen molar-refractivity contribution in [1.82, 2.24) is 14.6 Å². The van der Waals surface area contributed by atoms with E-state index in [-0.39, 0.29) is 0 Å². The van der Waals surface area contributed by atoms with Crippen molar-refractivity contribution in [2.24, 2.45) is 0 Å². The Balaban J connectivity index is 1.60. The van der Waals surface area contributed by atoms with Crippen LogP contribution in [0.15, 0.2) is 71.8 Å². The van der Waals surface area contributed by atoms with Crippen molar-refractivity contribution in [2.75, 3.05) is 11.6 Å². The first-order chi connectivity index (χ1) is 14.5. The lowest BCUT2D eigenvalue weighted by Crippen LogP contribution is -2.09. The minimum atomic E-state index is -3.23. The van der Waals surface area contributed by atoms with Gasteiger partial charge in [-0.1, -0.05) is 36.8 Å². The summed E-state index contributed by atoms with van der Waals surface area (Å²) in [6.07, 6.45) is 6.74. The van der Waals surface area contributed by atoms with E-state index in [2.05, 4.69) is 10.4 Å². The Morgan fingerprint density at radius 1 is 1.03 bits per heavy atom. The molecule has 0 bridgehead atoms. The number of rotatable bonds is 5. The molecule has 2 heterocycles. The van der Waals surface area contributed by atoms with E-state index in [9.17, 15) is 8.42 Å². The van der Waals surface area contributed by atoms with E-state index in [1.54, 1.807) is 24.3 Å². The summed E-state index contributed by atoms with van der Waals surface area (Å²) in [6.45, 7) is 0. The van der Waals surface area contributed by atoms with Crippen molar-refractivity contribution in [2.45, 2.75) is 30.1 Å². The predicted molar refractivity (Wildman–Crippen MR) is 118 cm³/mol. The third-order valence-electron chi connectivity index (χ3n) is 5.67. The molecule has 4 aromatic rings. The lowest BCUT2D eigenvalue weighted by Gasteiger charge is -2.24. The topological polar surface area (TPSA) is 76.4 Å². The Morgan fingerprint density at radius 3 is 2.40 bits per heavy atom. The number of anilines is 2. The first-order valence-corrected chi connectivity index (χ1v) is 11.9. The molecule has 0 radical (unpaired) electrons. The predicted octanol–water partition coefficient (Wildman–Crippen LogP) is 4.81. The van der Waals surface area contributed by atoms with Crippen LogP contribution in [0.2, 0.25) is 0 Å². The van der Waals surface area contributed by atoms with Crippen LogP contribution in [0.5, 0.6) is 0 Å². The molecule has 152 valence electrons. The average molecular weight is 419 g/mol. The molecule has 0 unspecified atom stereocenters. The summed E-state index contributed by atoms with van der Waals surface area (Å²) >= 11 is 0. The fourth-order valence-corrected chi connectivity index (χ4v) is 4.40. The van der Waals surface area contributed by atoms with Crippen LogP contribution in [0.1, 0.15) is 30.7 Å². The van der Waals surface area contributed by atoms with Crippen LogP contribution in [-0.4, -0.2) is 29.3 Å². The highest BCUT2D eigenvalue weighted by molar-refractivity contribution is 7.90. The second-order valence-electron chi connectivity index (χ2n) is 7.78. The number of sulfone groups is 1. The molecular weight excluding hydrogens is 396 g/mol. The van der Waals surface area contributed by atoms with Gasteiger partial charge in [0.25, 0.3) is 0 Å². The highest BCUT2D eigenvalue weighted by Crippen LogP contribution is 2.39. The van der Waals surface area contributed by atoms with Crippen molar-refractivity contribution in [1.29, 1.82) is 0 Å². The zero-order valence-corrected chi connectivity index (χ0v) is 17.4. The molecule has 1 fully saturated rings. The van der Waals surface area contributed by atoms with Crippen molar-refractivity contribution >= 4 is 27.0 Å². The van der Waals surface area contributed by atoms with Crippen molar-refractivity contribution in [3.8, 4) is 11.3 Å². The van der Waals surface area contributed by atoms with Crippen LogP contribution in [0.3, 0.4) is 0 Å². The number of hydrogen-bond donors (Lipinski definition) is 1. The van der Waals surface area contributed by atoms with E-state index in [1.165, 1.54) is 31.1 Å². The second-order valence-corrected chi connectivity index (χ2v) is 9.79. The van der Waals surface area contributed by atoms with E-state index in [0.29, 0.717) is 10.8 Å². The highest BCUT2D eigenvalue weighted by atomic mass is 32.2. The number of nitrogens with one attached hydrogen (secondary N) is 1. The standard InChI is InChI=1S/C23H22N4O2S/c1-30(28,29)19-12-10-18(11-13-19)25-22-14-21(17-6-3-2-4-7-17)26-23-20(15-24-27(22)23)16-8-5-9-16/h2-4,6-7,10-16,25H,5,8-9H2,1H3. The summed E-state index contributed by atoms with van der Waals surface area (Å²) in [5.74, 6) is 1.31. The van der Waals surface area contributed by atoms with Gasteiger partial charge in [-0.25, -0.2) is 13.4 Å². The largest absolute Gasteiger partial charge is 0.340 e. The van der Waals surface area contributed by atoms with Gasteiger partial charge in [0.05, 0.1) is 16.8 Å². The van der Waals surface area contributed by atoms with Crippen LogP contribution in [-0.2, 0) is 9.84 Å². The molecule has 0 aliphatic heterocycles. The molecule has 5 rings (SSSR count). The van der Waals surface area contributed by atoms with Gasteiger partial charge < -0.3 is 5.32 Å². The summed E-state index contributed by atoms with van der Waals surface area (Å²) in [4.78, 5) is 5.23. The van der Waals surface area contributed by atoms with Crippen LogP contribution < -0.4 is 5.32 Å². The SMILES string of the molecule is CS(=O)(=O)c1ccc(Nc2cc(-c3ccccc3)nc3c(C4CCC4)cnn23)cc1. The maximum Gasteiger partial charge on any atom is 0.175 e. The minimum absolute atomic E-state index is 0.296. The molecule has 1 N–H and O–H groups in total. The summed E-state index contributed by atoms with van der Waals surface area (Å²) in [5.41, 5.74) is 4.76. The number of nitrogens with zero attached hydrogens (tertiary/aromatic N) is 3. The molecule has 2 aromatic carbocycles. The molecule has 1 saturated carbocycles. The molecule has 2 aromatic heterocycles. The normalized spacial score (nSPS) is 14.6. The smallest absolute Gasteiger partial charge is 0.175 e. The molecular formula is C23H22N4O2S. The molecule has 1 aliphatic rings. The summed E-state index contributed by atoms with van der Waals surface area (Å²) < 4.78 is 25.3. The maximum atomic E-state index is 11.7. The molecule has 0 atom stereocenters. The molecule has 0 amide bonds. The minimum Gasteiger partial charge on any atom is -0.340 e. The van der Waals surface area contributed by atoms with Gasteiger partial charge in [0.15, 0.2) is 15.5 Å². The van der Waals surface area contributed by atoms with Crippen LogP contribution >= 0.6 is 0 Å². The van der Waals surface area contributed by atoms with Gasteiger partial charge in [0.2, 0.25) is 0 Å². The molecule has 1 aliphatic carbocycles. The van der Waals surface area contributed by atoms with Gasteiger partial charge in [0, 0.05) is 29.1 Å².